The number of anilines is 1. The van der Waals surface area contributed by atoms with E-state index in [2.05, 4.69) is 41.3 Å². The van der Waals surface area contributed by atoms with Crippen LogP contribution in [0.4, 0.5) is 19.3 Å². The zero-order valence-corrected chi connectivity index (χ0v) is 27.4. The van der Waals surface area contributed by atoms with Crippen LogP contribution < -0.4 is 20.1 Å². The molecule has 3 heterocycles. The second-order valence-electron chi connectivity index (χ2n) is 12.5. The Hall–Kier alpha value is -4.51. The van der Waals surface area contributed by atoms with Gasteiger partial charge in [-0.2, -0.15) is 5.26 Å². The maximum atomic E-state index is 15.4. The lowest BCUT2D eigenvalue weighted by Crippen LogP contribution is -2.47. The zero-order chi connectivity index (χ0) is 33.0. The first-order valence-electron chi connectivity index (χ1n) is 14.9. The smallest absolute Gasteiger partial charge is 0.319 e. The molecule has 2 aromatic heterocycles. The quantitative estimate of drug-likeness (QED) is 0.124. The minimum absolute atomic E-state index is 0.0660. The number of pyridine rings is 1. The summed E-state index contributed by atoms with van der Waals surface area (Å²) in [6, 6.07) is 11.0. The normalized spacial score (nSPS) is 14.0. The molecule has 5 rings (SSSR count). The Kier molecular flexibility index (Phi) is 9.90. The van der Waals surface area contributed by atoms with Gasteiger partial charge in [-0.05, 0) is 36.7 Å². The highest BCUT2D eigenvalue weighted by atomic mass is 28.3. The Balaban J connectivity index is 1.47. The number of carbonyl (C=O) groups excluding carboxylic acids is 1. The van der Waals surface area contributed by atoms with Crippen LogP contribution in [0.3, 0.4) is 0 Å². The molecule has 2 aromatic carbocycles. The first-order chi connectivity index (χ1) is 22.0. The third-order valence-corrected chi connectivity index (χ3v) is 9.48. The monoisotopic (exact) mass is 649 g/mol. The van der Waals surface area contributed by atoms with Crippen molar-refractivity contribution in [3.63, 3.8) is 0 Å². The lowest BCUT2D eigenvalue weighted by atomic mass is 10.0. The fourth-order valence-corrected chi connectivity index (χ4v) is 5.71. The molecular formula is C33H37F2N5O5Si. The summed E-state index contributed by atoms with van der Waals surface area (Å²) in [5.41, 5.74) is 2.08. The topological polar surface area (TPSA) is 120 Å². The Morgan fingerprint density at radius 1 is 1.17 bits per heavy atom. The number of nitrogens with one attached hydrogen (secondary N) is 2. The van der Waals surface area contributed by atoms with Crippen LogP contribution in [-0.2, 0) is 16.2 Å². The van der Waals surface area contributed by atoms with E-state index in [0.717, 1.165) is 18.2 Å². The number of halogens is 2. The molecule has 0 aliphatic carbocycles. The second kappa shape index (κ2) is 13.9. The molecule has 0 saturated carbocycles. The van der Waals surface area contributed by atoms with Gasteiger partial charge in [0.05, 0.1) is 31.3 Å². The van der Waals surface area contributed by atoms with Crippen LogP contribution >= 0.6 is 0 Å². The van der Waals surface area contributed by atoms with Gasteiger partial charge in [-0.1, -0.05) is 25.7 Å². The molecule has 1 aliphatic heterocycles. The van der Waals surface area contributed by atoms with E-state index < -0.39 is 31.5 Å². The number of aromatic nitrogens is 2. The number of hydrogen-bond donors (Lipinski definition) is 2. The molecule has 0 unspecified atom stereocenters. The summed E-state index contributed by atoms with van der Waals surface area (Å²) in [6.45, 7) is 10.5. The molecule has 4 aromatic rings. The number of nitriles is 1. The summed E-state index contributed by atoms with van der Waals surface area (Å²) in [6.07, 6.45) is 3.32. The number of nitrogens with zero attached hydrogens (tertiary/aromatic N) is 3. The van der Waals surface area contributed by atoms with Crippen LogP contribution in [0, 0.1) is 28.9 Å². The Labute approximate surface area is 267 Å². The van der Waals surface area contributed by atoms with E-state index in [-0.39, 0.29) is 30.1 Å². The molecule has 2 amide bonds. The number of urea groups is 1. The number of rotatable bonds is 12. The van der Waals surface area contributed by atoms with Crippen molar-refractivity contribution in [3.05, 3.63) is 66.0 Å². The van der Waals surface area contributed by atoms with Gasteiger partial charge >= 0.3 is 6.03 Å². The maximum Gasteiger partial charge on any atom is 0.319 e. The number of hydrogen-bond acceptors (Lipinski definition) is 7. The second-order valence-corrected chi connectivity index (χ2v) is 18.1. The Morgan fingerprint density at radius 3 is 2.54 bits per heavy atom. The summed E-state index contributed by atoms with van der Waals surface area (Å²) >= 11 is 0. The number of amides is 2. The van der Waals surface area contributed by atoms with Crippen molar-refractivity contribution in [1.29, 1.82) is 5.26 Å². The highest BCUT2D eigenvalue weighted by Gasteiger charge is 2.27. The van der Waals surface area contributed by atoms with Crippen LogP contribution in [0.5, 0.6) is 17.2 Å². The standard InChI is InChI=1S/C33H37F2N5O5Si/c1-20(23-17-44-18-23)38-33(41)39-24-13-26(34)31(27(35)14-24)45-28-8-9-37-32-30(28)25(16-40(32)19-43-10-11-46(3,4)5)21-6-7-22(15-36)29(12-21)42-2/h6-9,12-14,16,20,23H,10-11,17-19H2,1-5H3,(H2,38,39,41)/t20-/m1/s1. The minimum Gasteiger partial charge on any atom is -0.495 e. The minimum atomic E-state index is -1.32. The van der Waals surface area contributed by atoms with Crippen LogP contribution in [0.15, 0.2) is 48.8 Å². The SMILES string of the molecule is COc1cc(-c2cn(COCC[Si](C)(C)C)c3nccc(Oc4c(F)cc(NC(=O)N[C@H](C)C5COC5)cc4F)c23)ccc1C#N. The molecule has 0 spiro atoms. The average molecular weight is 650 g/mol. The molecule has 1 aliphatic rings. The summed E-state index contributed by atoms with van der Waals surface area (Å²) in [5.74, 6) is -1.93. The van der Waals surface area contributed by atoms with E-state index in [9.17, 15) is 10.1 Å². The summed E-state index contributed by atoms with van der Waals surface area (Å²) in [7, 11) is 0.159. The van der Waals surface area contributed by atoms with Gasteiger partial charge in [0, 0.05) is 62.4 Å². The lowest BCUT2D eigenvalue weighted by Gasteiger charge is -2.31. The van der Waals surface area contributed by atoms with Gasteiger partial charge < -0.3 is 34.1 Å². The number of ether oxygens (including phenoxy) is 4. The van der Waals surface area contributed by atoms with Crippen LogP contribution in [0.1, 0.15) is 12.5 Å². The molecule has 2 N–H and O–H groups in total. The van der Waals surface area contributed by atoms with Gasteiger partial charge in [0.15, 0.2) is 17.4 Å². The van der Waals surface area contributed by atoms with Gasteiger partial charge in [0.1, 0.15) is 29.9 Å². The van der Waals surface area contributed by atoms with Gasteiger partial charge in [0.2, 0.25) is 0 Å². The summed E-state index contributed by atoms with van der Waals surface area (Å²) in [5, 5.41) is 15.2. The van der Waals surface area contributed by atoms with Crippen LogP contribution in [0.2, 0.25) is 25.7 Å². The van der Waals surface area contributed by atoms with Crippen molar-refractivity contribution >= 4 is 30.8 Å². The van der Waals surface area contributed by atoms with Gasteiger partial charge in [-0.15, -0.1) is 0 Å². The van der Waals surface area contributed by atoms with Crippen LogP contribution in [0.25, 0.3) is 22.2 Å². The number of carbonyl (C=O) groups is 1. The third kappa shape index (κ3) is 7.47. The molecule has 1 atom stereocenters. The highest BCUT2D eigenvalue weighted by Crippen LogP contribution is 2.41. The van der Waals surface area contributed by atoms with Crippen molar-refractivity contribution < 1.29 is 32.5 Å². The Morgan fingerprint density at radius 2 is 1.91 bits per heavy atom. The van der Waals surface area contributed by atoms with E-state index in [4.69, 9.17) is 18.9 Å². The molecule has 242 valence electrons. The predicted molar refractivity (Wildman–Crippen MR) is 173 cm³/mol. The highest BCUT2D eigenvalue weighted by molar-refractivity contribution is 6.76. The van der Waals surface area contributed by atoms with Gasteiger partial charge in [0.25, 0.3) is 0 Å². The molecule has 1 fully saturated rings. The van der Waals surface area contributed by atoms with E-state index in [1.54, 1.807) is 18.2 Å². The number of fused-ring (bicyclic) bond motifs is 1. The molecule has 13 heteroatoms. The van der Waals surface area contributed by atoms with Gasteiger partial charge in [-0.3, -0.25) is 0 Å². The van der Waals surface area contributed by atoms with E-state index in [0.29, 0.717) is 53.3 Å². The van der Waals surface area contributed by atoms with E-state index in [1.165, 1.54) is 19.4 Å². The molecule has 0 bridgehead atoms. The number of methoxy groups -OCH3 is 1. The molecule has 1 saturated heterocycles. The first kappa shape index (κ1) is 32.9. The average Bonchev–Trinajstić information content (AvgIpc) is 3.34. The predicted octanol–water partition coefficient (Wildman–Crippen LogP) is 7.12. The maximum absolute atomic E-state index is 15.4. The van der Waals surface area contributed by atoms with Crippen molar-refractivity contribution in [2.24, 2.45) is 5.92 Å². The van der Waals surface area contributed by atoms with Crippen LogP contribution in [-0.4, -0.2) is 56.6 Å². The van der Waals surface area contributed by atoms with E-state index >= 15 is 8.78 Å². The zero-order valence-electron chi connectivity index (χ0n) is 26.4. The third-order valence-electron chi connectivity index (χ3n) is 7.78. The summed E-state index contributed by atoms with van der Waals surface area (Å²) < 4.78 is 55.1. The number of benzene rings is 2. The van der Waals surface area contributed by atoms with Crippen molar-refractivity contribution in [2.45, 2.75) is 45.4 Å². The van der Waals surface area contributed by atoms with Gasteiger partial charge in [-0.25, -0.2) is 18.6 Å². The summed E-state index contributed by atoms with van der Waals surface area (Å²) in [4.78, 5) is 17.0. The molecular weight excluding hydrogens is 612 g/mol. The Bertz CT molecular complexity index is 1760. The largest absolute Gasteiger partial charge is 0.495 e. The molecule has 0 radical (unpaired) electrons. The van der Waals surface area contributed by atoms with Crippen molar-refractivity contribution in [3.8, 4) is 34.4 Å². The molecule has 10 nitrogen and oxygen atoms in total. The first-order valence-corrected chi connectivity index (χ1v) is 18.6. The van der Waals surface area contributed by atoms with E-state index in [1.807, 2.05) is 17.7 Å². The fourth-order valence-electron chi connectivity index (χ4n) is 4.95. The molecule has 46 heavy (non-hydrogen) atoms. The lowest BCUT2D eigenvalue weighted by molar-refractivity contribution is -0.0444. The fraction of sp³-hybridized carbons (Fsp3) is 0.364. The van der Waals surface area contributed by atoms with Crippen molar-refractivity contribution in [2.75, 3.05) is 32.2 Å². The van der Waals surface area contributed by atoms with Crippen molar-refractivity contribution in [1.82, 2.24) is 14.9 Å².